The predicted octanol–water partition coefficient (Wildman–Crippen LogP) is 3.91. The molecule has 0 saturated heterocycles. The molecule has 1 aromatic carbocycles. The molecule has 1 amide bonds. The van der Waals surface area contributed by atoms with Crippen LogP contribution < -0.4 is 14.8 Å². The van der Waals surface area contributed by atoms with E-state index in [1.165, 1.54) is 24.3 Å². The Morgan fingerprint density at radius 2 is 2.08 bits per heavy atom. The highest BCUT2D eigenvalue weighted by Crippen LogP contribution is 2.38. The number of carbonyl (C=O) groups excluding carboxylic acids is 1. The first-order valence-corrected chi connectivity index (χ1v) is 8.93. The molecule has 0 aliphatic carbocycles. The third-order valence-corrected chi connectivity index (χ3v) is 4.90. The first-order chi connectivity index (χ1) is 12.5. The van der Waals surface area contributed by atoms with Gasteiger partial charge in [0.15, 0.2) is 11.5 Å². The van der Waals surface area contributed by atoms with Crippen LogP contribution in [0.15, 0.2) is 35.7 Å². The van der Waals surface area contributed by atoms with Gasteiger partial charge in [-0.1, -0.05) is 19.9 Å². The molecule has 0 radical (unpaired) electrons. The van der Waals surface area contributed by atoms with Crippen molar-refractivity contribution in [3.63, 3.8) is 0 Å². The van der Waals surface area contributed by atoms with Crippen molar-refractivity contribution in [1.82, 2.24) is 5.32 Å². The molecule has 8 heteroatoms. The summed E-state index contributed by atoms with van der Waals surface area (Å²) in [5.41, 5.74) is 0.142. The Morgan fingerprint density at radius 1 is 1.35 bits per heavy atom. The molecular formula is C18H18N2O5S. The summed E-state index contributed by atoms with van der Waals surface area (Å²) in [7, 11) is 0. The minimum Gasteiger partial charge on any atom is -0.454 e. The maximum atomic E-state index is 12.3. The number of thiophene rings is 1. The molecule has 1 N–H and O–H groups in total. The van der Waals surface area contributed by atoms with Crippen LogP contribution in [0, 0.1) is 16.0 Å². The largest absolute Gasteiger partial charge is 0.454 e. The minimum atomic E-state index is -0.512. The number of nitrogens with one attached hydrogen (secondary N) is 1. The van der Waals surface area contributed by atoms with Crippen molar-refractivity contribution < 1.29 is 19.2 Å². The Kier molecular flexibility index (Phi) is 5.22. The van der Waals surface area contributed by atoms with Crippen LogP contribution in [0.3, 0.4) is 0 Å². The second-order valence-corrected chi connectivity index (χ2v) is 7.08. The van der Waals surface area contributed by atoms with E-state index in [1.807, 2.05) is 31.4 Å². The molecule has 3 rings (SSSR count). The lowest BCUT2D eigenvalue weighted by Crippen LogP contribution is -2.29. The Balaban J connectivity index is 1.79. The van der Waals surface area contributed by atoms with E-state index in [-0.39, 0.29) is 35.9 Å². The summed E-state index contributed by atoms with van der Waals surface area (Å²) in [5.74, 6) is 0.653. The Bertz CT molecular complexity index is 846. The summed E-state index contributed by atoms with van der Waals surface area (Å²) in [6.45, 7) is 4.07. The van der Waals surface area contributed by atoms with Gasteiger partial charge in [-0.25, -0.2) is 0 Å². The molecule has 0 spiro atoms. The molecular weight excluding hydrogens is 356 g/mol. The van der Waals surface area contributed by atoms with Gasteiger partial charge >= 0.3 is 0 Å². The van der Waals surface area contributed by atoms with E-state index in [1.54, 1.807) is 11.3 Å². The van der Waals surface area contributed by atoms with Gasteiger partial charge in [-0.2, -0.15) is 0 Å². The molecule has 2 heterocycles. The molecule has 2 aromatic rings. The lowest BCUT2D eigenvalue weighted by molar-refractivity contribution is -0.385. The fourth-order valence-corrected chi connectivity index (χ4v) is 3.59. The van der Waals surface area contributed by atoms with E-state index in [0.717, 1.165) is 4.88 Å². The number of benzene rings is 1. The van der Waals surface area contributed by atoms with Crippen molar-refractivity contribution in [2.75, 3.05) is 6.79 Å². The SMILES string of the molecule is CC(C)[C@@H](NC(=O)/C=C/c1cc2c(cc1[N+](=O)[O-])OCO2)c1cccs1. The number of rotatable bonds is 6. The summed E-state index contributed by atoms with van der Waals surface area (Å²) in [6, 6.07) is 6.61. The molecule has 7 nitrogen and oxygen atoms in total. The normalized spacial score (nSPS) is 14.0. The monoisotopic (exact) mass is 374 g/mol. The number of nitro groups is 1. The van der Waals surface area contributed by atoms with Crippen LogP contribution in [0.2, 0.25) is 0 Å². The standard InChI is InChI=1S/C18H18N2O5S/c1-11(2)18(16-4-3-7-26-16)19-17(21)6-5-12-8-14-15(25-10-24-14)9-13(12)20(22)23/h3-9,11,18H,10H2,1-2H3,(H,19,21)/b6-5+/t18-/m1/s1. The van der Waals surface area contributed by atoms with Crippen LogP contribution in [-0.4, -0.2) is 17.6 Å². The maximum absolute atomic E-state index is 12.3. The highest BCUT2D eigenvalue weighted by atomic mass is 32.1. The quantitative estimate of drug-likeness (QED) is 0.470. The van der Waals surface area contributed by atoms with E-state index in [9.17, 15) is 14.9 Å². The Morgan fingerprint density at radius 3 is 2.69 bits per heavy atom. The molecule has 0 fully saturated rings. The first-order valence-electron chi connectivity index (χ1n) is 8.05. The van der Waals surface area contributed by atoms with Gasteiger partial charge < -0.3 is 14.8 Å². The van der Waals surface area contributed by atoms with Crippen LogP contribution >= 0.6 is 11.3 Å². The van der Waals surface area contributed by atoms with Gasteiger partial charge in [-0.15, -0.1) is 11.3 Å². The van der Waals surface area contributed by atoms with Crippen molar-refractivity contribution >= 4 is 29.0 Å². The van der Waals surface area contributed by atoms with Crippen LogP contribution in [0.25, 0.3) is 6.08 Å². The first kappa shape index (κ1) is 17.9. The molecule has 1 aromatic heterocycles. The minimum absolute atomic E-state index is 0.0248. The average molecular weight is 374 g/mol. The molecule has 26 heavy (non-hydrogen) atoms. The topological polar surface area (TPSA) is 90.7 Å². The summed E-state index contributed by atoms with van der Waals surface area (Å²) in [5, 5.41) is 16.2. The highest BCUT2D eigenvalue weighted by molar-refractivity contribution is 7.10. The molecule has 1 atom stereocenters. The Hall–Kier alpha value is -2.87. The summed E-state index contributed by atoms with van der Waals surface area (Å²) >= 11 is 1.58. The van der Waals surface area contributed by atoms with Gasteiger partial charge in [-0.3, -0.25) is 14.9 Å². The number of hydrogen-bond acceptors (Lipinski definition) is 6. The predicted molar refractivity (Wildman–Crippen MR) is 98.3 cm³/mol. The zero-order valence-electron chi connectivity index (χ0n) is 14.3. The van der Waals surface area contributed by atoms with E-state index < -0.39 is 4.92 Å². The van der Waals surface area contributed by atoms with Gasteiger partial charge in [0.2, 0.25) is 12.7 Å². The number of nitro benzene ring substituents is 1. The van der Waals surface area contributed by atoms with Crippen molar-refractivity contribution in [2.24, 2.45) is 5.92 Å². The van der Waals surface area contributed by atoms with Crippen LogP contribution in [0.5, 0.6) is 11.5 Å². The van der Waals surface area contributed by atoms with E-state index in [4.69, 9.17) is 9.47 Å². The Labute approximate surface area is 154 Å². The van der Waals surface area contributed by atoms with Crippen LogP contribution in [0.4, 0.5) is 5.69 Å². The fourth-order valence-electron chi connectivity index (χ4n) is 2.64. The van der Waals surface area contributed by atoms with Crippen LogP contribution in [-0.2, 0) is 4.79 Å². The van der Waals surface area contributed by atoms with Crippen molar-refractivity contribution in [3.8, 4) is 11.5 Å². The van der Waals surface area contributed by atoms with Crippen molar-refractivity contribution in [3.05, 3.63) is 56.3 Å². The van der Waals surface area contributed by atoms with Gasteiger partial charge in [-0.05, 0) is 29.5 Å². The number of ether oxygens (including phenoxy) is 2. The van der Waals surface area contributed by atoms with E-state index in [0.29, 0.717) is 11.5 Å². The number of hydrogen-bond donors (Lipinski definition) is 1. The van der Waals surface area contributed by atoms with Gasteiger partial charge in [0.25, 0.3) is 5.69 Å². The zero-order chi connectivity index (χ0) is 18.7. The second kappa shape index (κ2) is 7.57. The highest BCUT2D eigenvalue weighted by Gasteiger charge is 2.22. The summed E-state index contributed by atoms with van der Waals surface area (Å²) < 4.78 is 10.4. The summed E-state index contributed by atoms with van der Waals surface area (Å²) in [4.78, 5) is 24.1. The number of amides is 1. The number of fused-ring (bicyclic) bond motifs is 1. The molecule has 1 aliphatic heterocycles. The van der Waals surface area contributed by atoms with E-state index >= 15 is 0 Å². The molecule has 0 bridgehead atoms. The van der Waals surface area contributed by atoms with Crippen molar-refractivity contribution in [1.29, 1.82) is 0 Å². The summed E-state index contributed by atoms with van der Waals surface area (Å²) in [6.07, 6.45) is 2.72. The number of carbonyl (C=O) groups is 1. The molecule has 136 valence electrons. The smallest absolute Gasteiger partial charge is 0.280 e. The van der Waals surface area contributed by atoms with Crippen LogP contribution in [0.1, 0.15) is 30.3 Å². The van der Waals surface area contributed by atoms with Gasteiger partial charge in [0.05, 0.1) is 22.6 Å². The lowest BCUT2D eigenvalue weighted by atomic mass is 10.0. The average Bonchev–Trinajstić information content (AvgIpc) is 3.27. The lowest BCUT2D eigenvalue weighted by Gasteiger charge is -2.20. The zero-order valence-corrected chi connectivity index (χ0v) is 15.1. The second-order valence-electron chi connectivity index (χ2n) is 6.10. The van der Waals surface area contributed by atoms with E-state index in [2.05, 4.69) is 5.32 Å². The van der Waals surface area contributed by atoms with Gasteiger partial charge in [0, 0.05) is 11.0 Å². The fraction of sp³-hybridized carbons (Fsp3) is 0.278. The molecule has 1 aliphatic rings. The number of nitrogens with zero attached hydrogens (tertiary/aromatic N) is 1. The van der Waals surface area contributed by atoms with Crippen molar-refractivity contribution in [2.45, 2.75) is 19.9 Å². The van der Waals surface area contributed by atoms with Gasteiger partial charge in [0.1, 0.15) is 0 Å². The molecule has 0 unspecified atom stereocenters. The molecule has 0 saturated carbocycles. The third-order valence-electron chi connectivity index (χ3n) is 3.95. The maximum Gasteiger partial charge on any atom is 0.280 e. The third kappa shape index (κ3) is 3.85.